The number of nitrogens with zero attached hydrogens (tertiary/aromatic N) is 2. The third-order valence-corrected chi connectivity index (χ3v) is 3.99. The van der Waals surface area contributed by atoms with Gasteiger partial charge in [-0.15, -0.1) is 10.2 Å². The van der Waals surface area contributed by atoms with Gasteiger partial charge in [-0.2, -0.15) is 0 Å². The summed E-state index contributed by atoms with van der Waals surface area (Å²) in [5.41, 5.74) is 7.53. The highest BCUT2D eigenvalue weighted by Crippen LogP contribution is 2.20. The number of amides is 2. The molecule has 0 unspecified atom stereocenters. The van der Waals surface area contributed by atoms with Crippen LogP contribution in [0.1, 0.15) is 10.4 Å². The van der Waals surface area contributed by atoms with E-state index in [-0.39, 0.29) is 17.2 Å². The highest BCUT2D eigenvalue weighted by Gasteiger charge is 2.11. The fraction of sp³-hybridized carbons (Fsp3) is 0.0909. The van der Waals surface area contributed by atoms with Crippen molar-refractivity contribution in [3.63, 3.8) is 0 Å². The Balaban J connectivity index is 1.97. The Labute approximate surface area is 117 Å². The first-order valence-corrected chi connectivity index (χ1v) is 7.11. The van der Waals surface area contributed by atoms with Crippen molar-refractivity contribution in [1.82, 2.24) is 10.2 Å². The van der Waals surface area contributed by atoms with Crippen LogP contribution in [-0.2, 0) is 4.79 Å². The van der Waals surface area contributed by atoms with Crippen LogP contribution < -0.4 is 11.1 Å². The van der Waals surface area contributed by atoms with E-state index in [9.17, 15) is 9.59 Å². The summed E-state index contributed by atoms with van der Waals surface area (Å²) >= 11 is 2.65. The maximum atomic E-state index is 11.8. The highest BCUT2D eigenvalue weighted by molar-refractivity contribution is 8.01. The van der Waals surface area contributed by atoms with Crippen LogP contribution in [0.4, 0.5) is 5.69 Å². The summed E-state index contributed by atoms with van der Waals surface area (Å²) in [6.07, 6.45) is 0. The first-order chi connectivity index (χ1) is 9.16. The van der Waals surface area contributed by atoms with Crippen molar-refractivity contribution in [2.75, 3.05) is 11.1 Å². The molecule has 0 bridgehead atoms. The summed E-state index contributed by atoms with van der Waals surface area (Å²) in [4.78, 5) is 23.0. The molecule has 0 fully saturated rings. The Hall–Kier alpha value is -1.93. The molecule has 0 aliphatic rings. The average molecular weight is 294 g/mol. The Kier molecular flexibility index (Phi) is 4.48. The fourth-order valence-electron chi connectivity index (χ4n) is 1.35. The van der Waals surface area contributed by atoms with Gasteiger partial charge in [0.1, 0.15) is 5.51 Å². The molecule has 19 heavy (non-hydrogen) atoms. The second kappa shape index (κ2) is 6.30. The summed E-state index contributed by atoms with van der Waals surface area (Å²) in [5, 5.41) is 10.1. The van der Waals surface area contributed by atoms with Crippen LogP contribution in [0, 0.1) is 0 Å². The van der Waals surface area contributed by atoms with Crippen molar-refractivity contribution >= 4 is 40.6 Å². The number of hydrogen-bond acceptors (Lipinski definition) is 6. The average Bonchev–Trinajstić information content (AvgIpc) is 2.90. The number of anilines is 1. The van der Waals surface area contributed by atoms with Crippen molar-refractivity contribution in [2.24, 2.45) is 5.73 Å². The van der Waals surface area contributed by atoms with E-state index in [1.165, 1.54) is 23.1 Å². The number of benzene rings is 1. The van der Waals surface area contributed by atoms with E-state index in [1.807, 2.05) is 0 Å². The number of carbonyl (C=O) groups is 2. The van der Waals surface area contributed by atoms with E-state index < -0.39 is 5.91 Å². The summed E-state index contributed by atoms with van der Waals surface area (Å²) < 4.78 is 0.721. The number of aromatic nitrogens is 2. The molecule has 98 valence electrons. The molecule has 0 spiro atoms. The zero-order valence-corrected chi connectivity index (χ0v) is 11.3. The summed E-state index contributed by atoms with van der Waals surface area (Å²) in [6.45, 7) is 0. The molecule has 0 atom stereocenters. The van der Waals surface area contributed by atoms with E-state index in [4.69, 9.17) is 5.73 Å². The van der Waals surface area contributed by atoms with Crippen molar-refractivity contribution < 1.29 is 9.59 Å². The van der Waals surface area contributed by atoms with Gasteiger partial charge in [0.15, 0.2) is 4.34 Å². The molecule has 1 heterocycles. The molecule has 6 nitrogen and oxygen atoms in total. The van der Waals surface area contributed by atoms with Gasteiger partial charge in [-0.05, 0) is 12.1 Å². The number of carbonyl (C=O) groups excluding carboxylic acids is 2. The normalized spacial score (nSPS) is 10.1. The minimum atomic E-state index is -0.576. The molecule has 3 N–H and O–H groups in total. The lowest BCUT2D eigenvalue weighted by Gasteiger charge is -2.07. The van der Waals surface area contributed by atoms with Gasteiger partial charge < -0.3 is 11.1 Å². The topological polar surface area (TPSA) is 98.0 Å². The first kappa shape index (κ1) is 13.5. The van der Waals surface area contributed by atoms with Crippen LogP contribution in [0.25, 0.3) is 0 Å². The van der Waals surface area contributed by atoms with Crippen molar-refractivity contribution in [2.45, 2.75) is 4.34 Å². The van der Waals surface area contributed by atoms with Crippen LogP contribution in [0.15, 0.2) is 34.1 Å². The second-order valence-corrected chi connectivity index (χ2v) is 5.51. The Bertz CT molecular complexity index is 586. The smallest absolute Gasteiger partial charge is 0.250 e. The molecule has 0 radical (unpaired) electrons. The van der Waals surface area contributed by atoms with Gasteiger partial charge >= 0.3 is 0 Å². The maximum Gasteiger partial charge on any atom is 0.250 e. The largest absolute Gasteiger partial charge is 0.366 e. The molecular weight excluding hydrogens is 284 g/mol. The van der Waals surface area contributed by atoms with Gasteiger partial charge in [0, 0.05) is 0 Å². The number of hydrogen-bond donors (Lipinski definition) is 2. The van der Waals surface area contributed by atoms with Gasteiger partial charge in [0.25, 0.3) is 5.91 Å². The van der Waals surface area contributed by atoms with Crippen molar-refractivity contribution in [3.05, 3.63) is 35.3 Å². The molecule has 1 aromatic heterocycles. The van der Waals surface area contributed by atoms with Gasteiger partial charge in [-0.25, -0.2) is 0 Å². The second-order valence-electron chi connectivity index (χ2n) is 3.45. The van der Waals surface area contributed by atoms with Crippen LogP contribution in [0.5, 0.6) is 0 Å². The SMILES string of the molecule is NC(=O)c1ccccc1NC(=O)CSc1nncs1. The lowest BCUT2D eigenvalue weighted by molar-refractivity contribution is -0.113. The van der Waals surface area contributed by atoms with E-state index in [0.717, 1.165) is 4.34 Å². The van der Waals surface area contributed by atoms with Crippen LogP contribution in [0.3, 0.4) is 0 Å². The molecule has 8 heteroatoms. The van der Waals surface area contributed by atoms with E-state index in [2.05, 4.69) is 15.5 Å². The standard InChI is InChI=1S/C11H10N4O2S2/c12-10(17)7-3-1-2-4-8(7)14-9(16)5-18-11-15-13-6-19-11/h1-4,6H,5H2,(H2,12,17)(H,14,16). The van der Waals surface area contributed by atoms with Gasteiger partial charge in [0.05, 0.1) is 17.0 Å². The summed E-state index contributed by atoms with van der Waals surface area (Å²) in [6, 6.07) is 6.61. The Morgan fingerprint density at radius 2 is 2.16 bits per heavy atom. The van der Waals surface area contributed by atoms with Crippen molar-refractivity contribution in [1.29, 1.82) is 0 Å². The van der Waals surface area contributed by atoms with Gasteiger partial charge in [-0.3, -0.25) is 9.59 Å². The fourth-order valence-corrected chi connectivity index (χ4v) is 2.63. The molecule has 0 aliphatic heterocycles. The zero-order chi connectivity index (χ0) is 13.7. The van der Waals surface area contributed by atoms with Crippen LogP contribution in [-0.4, -0.2) is 27.8 Å². The number of primary amides is 1. The predicted octanol–water partition coefficient (Wildman–Crippen LogP) is 1.37. The number of thioether (sulfide) groups is 1. The van der Waals surface area contributed by atoms with Crippen molar-refractivity contribution in [3.8, 4) is 0 Å². The number of para-hydroxylation sites is 1. The predicted molar refractivity (Wildman–Crippen MR) is 74.2 cm³/mol. The quantitative estimate of drug-likeness (QED) is 0.812. The summed E-state index contributed by atoms with van der Waals surface area (Å²) in [7, 11) is 0. The molecule has 0 saturated carbocycles. The Morgan fingerprint density at radius 3 is 2.84 bits per heavy atom. The minimum absolute atomic E-state index is 0.197. The monoisotopic (exact) mass is 294 g/mol. The number of nitrogens with two attached hydrogens (primary N) is 1. The molecule has 2 rings (SSSR count). The lowest BCUT2D eigenvalue weighted by atomic mass is 10.1. The van der Waals surface area contributed by atoms with Crippen LogP contribution in [0.2, 0.25) is 0 Å². The third-order valence-electron chi connectivity index (χ3n) is 2.13. The third kappa shape index (κ3) is 3.76. The zero-order valence-electron chi connectivity index (χ0n) is 9.70. The molecule has 1 aromatic carbocycles. The molecule has 0 aliphatic carbocycles. The maximum absolute atomic E-state index is 11.8. The molecule has 0 saturated heterocycles. The minimum Gasteiger partial charge on any atom is -0.366 e. The van der Waals surface area contributed by atoms with Crippen LogP contribution >= 0.6 is 23.1 Å². The molecule has 2 amide bonds. The highest BCUT2D eigenvalue weighted by atomic mass is 32.2. The lowest BCUT2D eigenvalue weighted by Crippen LogP contribution is -2.19. The number of nitrogens with one attached hydrogen (secondary N) is 1. The first-order valence-electron chi connectivity index (χ1n) is 5.24. The van der Waals surface area contributed by atoms with E-state index in [1.54, 1.807) is 29.8 Å². The molecular formula is C11H10N4O2S2. The van der Waals surface area contributed by atoms with Gasteiger partial charge in [0.2, 0.25) is 5.91 Å². The van der Waals surface area contributed by atoms with E-state index in [0.29, 0.717) is 5.69 Å². The Morgan fingerprint density at radius 1 is 1.37 bits per heavy atom. The summed E-state index contributed by atoms with van der Waals surface area (Å²) in [5.74, 6) is -0.607. The number of rotatable bonds is 5. The van der Waals surface area contributed by atoms with Gasteiger partial charge in [-0.1, -0.05) is 35.2 Å². The molecule has 2 aromatic rings. The van der Waals surface area contributed by atoms with E-state index >= 15 is 0 Å².